The summed E-state index contributed by atoms with van der Waals surface area (Å²) in [5.41, 5.74) is 5.78. The van der Waals surface area contributed by atoms with Gasteiger partial charge in [0.2, 0.25) is 5.89 Å². The number of rotatable bonds is 4. The summed E-state index contributed by atoms with van der Waals surface area (Å²) in [7, 11) is 1.58. The Morgan fingerprint density at radius 3 is 2.94 bits per heavy atom. The molecule has 0 aromatic carbocycles. The van der Waals surface area contributed by atoms with Crippen molar-refractivity contribution in [2.75, 3.05) is 44.9 Å². The number of hydrogen-bond acceptors (Lipinski definition) is 7. The second kappa shape index (κ2) is 5.24. The molecule has 7 nitrogen and oxygen atoms in total. The first kappa shape index (κ1) is 11.3. The highest BCUT2D eigenvalue weighted by Crippen LogP contribution is 2.14. The van der Waals surface area contributed by atoms with Gasteiger partial charge in [-0.1, -0.05) is 0 Å². The molecule has 2 heterocycles. The summed E-state index contributed by atoms with van der Waals surface area (Å²) >= 11 is 0. The van der Waals surface area contributed by atoms with E-state index in [2.05, 4.69) is 10.1 Å². The quantitative estimate of drug-likeness (QED) is 0.747. The van der Waals surface area contributed by atoms with Crippen molar-refractivity contribution in [1.82, 2.24) is 10.1 Å². The summed E-state index contributed by atoms with van der Waals surface area (Å²) in [5, 5.41) is 3.89. The third-order valence-electron chi connectivity index (χ3n) is 2.39. The van der Waals surface area contributed by atoms with Gasteiger partial charge in [-0.15, -0.1) is 0 Å². The van der Waals surface area contributed by atoms with Crippen LogP contribution in [0.15, 0.2) is 4.52 Å². The average molecular weight is 228 g/mol. The molecule has 90 valence electrons. The Morgan fingerprint density at radius 1 is 1.50 bits per heavy atom. The zero-order chi connectivity index (χ0) is 11.4. The van der Waals surface area contributed by atoms with Gasteiger partial charge in [-0.25, -0.2) is 0 Å². The average Bonchev–Trinajstić information content (AvgIpc) is 2.80. The highest BCUT2D eigenvalue weighted by atomic mass is 16.5. The van der Waals surface area contributed by atoms with Gasteiger partial charge in [0.05, 0.1) is 19.8 Å². The SMILES string of the molecule is COCC(N)c1nc(N2CCOCC2)no1. The van der Waals surface area contributed by atoms with Crippen LogP contribution < -0.4 is 10.6 Å². The Labute approximate surface area is 93.5 Å². The van der Waals surface area contributed by atoms with Gasteiger partial charge in [-0.2, -0.15) is 4.98 Å². The van der Waals surface area contributed by atoms with Crippen LogP contribution in [0.1, 0.15) is 11.9 Å². The molecule has 0 spiro atoms. The minimum absolute atomic E-state index is 0.366. The zero-order valence-electron chi connectivity index (χ0n) is 9.26. The lowest BCUT2D eigenvalue weighted by atomic mass is 10.3. The van der Waals surface area contributed by atoms with Crippen molar-refractivity contribution in [3.63, 3.8) is 0 Å². The van der Waals surface area contributed by atoms with Crippen LogP contribution in [0.5, 0.6) is 0 Å². The largest absolute Gasteiger partial charge is 0.383 e. The van der Waals surface area contributed by atoms with Crippen LogP contribution in [0.2, 0.25) is 0 Å². The minimum Gasteiger partial charge on any atom is -0.383 e. The molecule has 0 aliphatic carbocycles. The molecule has 1 aromatic rings. The Morgan fingerprint density at radius 2 is 2.25 bits per heavy atom. The predicted octanol–water partition coefficient (Wildman–Crippen LogP) is -0.448. The number of ether oxygens (including phenoxy) is 2. The molecular weight excluding hydrogens is 212 g/mol. The van der Waals surface area contributed by atoms with Gasteiger partial charge in [-0.05, 0) is 5.16 Å². The van der Waals surface area contributed by atoms with Gasteiger partial charge >= 0.3 is 0 Å². The molecule has 7 heteroatoms. The summed E-state index contributed by atoms with van der Waals surface area (Å²) in [5.74, 6) is 0.980. The highest BCUT2D eigenvalue weighted by Gasteiger charge is 2.19. The summed E-state index contributed by atoms with van der Waals surface area (Å²) in [6.07, 6.45) is 0. The Kier molecular flexibility index (Phi) is 3.70. The lowest BCUT2D eigenvalue weighted by Crippen LogP contribution is -2.36. The van der Waals surface area contributed by atoms with E-state index in [1.807, 2.05) is 4.90 Å². The molecule has 2 N–H and O–H groups in total. The molecule has 1 aliphatic heterocycles. The number of morpholine rings is 1. The number of aromatic nitrogens is 2. The Bertz CT molecular complexity index is 324. The minimum atomic E-state index is -0.368. The van der Waals surface area contributed by atoms with E-state index in [4.69, 9.17) is 19.7 Å². The van der Waals surface area contributed by atoms with E-state index in [1.165, 1.54) is 0 Å². The third-order valence-corrected chi connectivity index (χ3v) is 2.39. The highest BCUT2D eigenvalue weighted by molar-refractivity contribution is 5.28. The van der Waals surface area contributed by atoms with Crippen LogP contribution in [0, 0.1) is 0 Å². The fraction of sp³-hybridized carbons (Fsp3) is 0.778. The van der Waals surface area contributed by atoms with E-state index < -0.39 is 0 Å². The van der Waals surface area contributed by atoms with E-state index >= 15 is 0 Å². The maximum Gasteiger partial charge on any atom is 0.266 e. The molecule has 1 saturated heterocycles. The molecule has 1 atom stereocenters. The fourth-order valence-electron chi connectivity index (χ4n) is 1.52. The normalized spacial score (nSPS) is 18.8. The molecule has 1 fully saturated rings. The molecule has 1 aliphatic rings. The van der Waals surface area contributed by atoms with Crippen molar-refractivity contribution in [1.29, 1.82) is 0 Å². The number of hydrogen-bond donors (Lipinski definition) is 1. The maximum absolute atomic E-state index is 5.78. The van der Waals surface area contributed by atoms with Crippen LogP contribution in [-0.2, 0) is 9.47 Å². The van der Waals surface area contributed by atoms with Crippen LogP contribution in [-0.4, -0.2) is 50.2 Å². The monoisotopic (exact) mass is 228 g/mol. The first-order valence-electron chi connectivity index (χ1n) is 5.22. The number of anilines is 1. The van der Waals surface area contributed by atoms with Gasteiger partial charge in [0, 0.05) is 20.2 Å². The van der Waals surface area contributed by atoms with Crippen molar-refractivity contribution in [2.24, 2.45) is 5.73 Å². The summed E-state index contributed by atoms with van der Waals surface area (Å²) in [6.45, 7) is 3.30. The first-order chi connectivity index (χ1) is 7.81. The molecular formula is C9H16N4O3. The van der Waals surface area contributed by atoms with Gasteiger partial charge in [-0.3, -0.25) is 0 Å². The van der Waals surface area contributed by atoms with Crippen LogP contribution in [0.4, 0.5) is 5.95 Å². The molecule has 1 aromatic heterocycles. The van der Waals surface area contributed by atoms with E-state index in [0.29, 0.717) is 31.7 Å². The van der Waals surface area contributed by atoms with E-state index in [-0.39, 0.29) is 6.04 Å². The third kappa shape index (κ3) is 2.49. The van der Waals surface area contributed by atoms with Gasteiger partial charge in [0.25, 0.3) is 5.95 Å². The molecule has 0 saturated carbocycles. The van der Waals surface area contributed by atoms with E-state index in [0.717, 1.165) is 13.1 Å². The lowest BCUT2D eigenvalue weighted by Gasteiger charge is -2.24. The summed E-state index contributed by atoms with van der Waals surface area (Å²) < 4.78 is 15.3. The van der Waals surface area contributed by atoms with Crippen LogP contribution in [0.3, 0.4) is 0 Å². The van der Waals surface area contributed by atoms with Gasteiger partial charge < -0.3 is 24.6 Å². The summed E-state index contributed by atoms with van der Waals surface area (Å²) in [4.78, 5) is 6.25. The standard InChI is InChI=1S/C9H16N4O3/c1-14-6-7(10)8-11-9(12-16-8)13-2-4-15-5-3-13/h7H,2-6,10H2,1H3. The second-order valence-corrected chi connectivity index (χ2v) is 3.59. The second-order valence-electron chi connectivity index (χ2n) is 3.59. The van der Waals surface area contributed by atoms with Crippen molar-refractivity contribution < 1.29 is 14.0 Å². The Balaban J connectivity index is 2.00. The molecule has 0 bridgehead atoms. The van der Waals surface area contributed by atoms with Crippen molar-refractivity contribution in [3.8, 4) is 0 Å². The van der Waals surface area contributed by atoms with Gasteiger partial charge in [0.1, 0.15) is 6.04 Å². The molecule has 1 unspecified atom stereocenters. The first-order valence-corrected chi connectivity index (χ1v) is 5.22. The molecule has 0 amide bonds. The van der Waals surface area contributed by atoms with Gasteiger partial charge in [0.15, 0.2) is 0 Å². The predicted molar refractivity (Wildman–Crippen MR) is 56.1 cm³/mol. The van der Waals surface area contributed by atoms with Crippen molar-refractivity contribution in [3.05, 3.63) is 5.89 Å². The fourth-order valence-corrected chi connectivity index (χ4v) is 1.52. The summed E-state index contributed by atoms with van der Waals surface area (Å²) in [6, 6.07) is -0.368. The lowest BCUT2D eigenvalue weighted by molar-refractivity contribution is 0.121. The van der Waals surface area contributed by atoms with Crippen LogP contribution in [0.25, 0.3) is 0 Å². The maximum atomic E-state index is 5.78. The van der Waals surface area contributed by atoms with E-state index in [9.17, 15) is 0 Å². The van der Waals surface area contributed by atoms with E-state index in [1.54, 1.807) is 7.11 Å². The molecule has 16 heavy (non-hydrogen) atoms. The van der Waals surface area contributed by atoms with Crippen molar-refractivity contribution >= 4 is 5.95 Å². The topological polar surface area (TPSA) is 86.6 Å². The number of nitrogens with zero attached hydrogens (tertiary/aromatic N) is 3. The number of nitrogens with two attached hydrogens (primary N) is 1. The molecule has 0 radical (unpaired) electrons. The zero-order valence-corrected chi connectivity index (χ0v) is 9.26. The number of methoxy groups -OCH3 is 1. The smallest absolute Gasteiger partial charge is 0.266 e. The van der Waals surface area contributed by atoms with Crippen molar-refractivity contribution in [2.45, 2.75) is 6.04 Å². The molecule has 2 rings (SSSR count). The Hall–Kier alpha value is -1.18. The van der Waals surface area contributed by atoms with Crippen LogP contribution >= 0.6 is 0 Å².